The van der Waals surface area contributed by atoms with E-state index in [2.05, 4.69) is 72.8 Å². The van der Waals surface area contributed by atoms with Crippen LogP contribution in [0.1, 0.15) is 24.0 Å². The van der Waals surface area contributed by atoms with Gasteiger partial charge in [0.2, 0.25) is 0 Å². The maximum atomic E-state index is 11.7. The molecule has 1 fully saturated rings. The minimum atomic E-state index is -0.690. The molecule has 0 amide bonds. The minimum absolute atomic E-state index is 0.00179. The Morgan fingerprint density at radius 3 is 1.50 bits per heavy atom. The molecular formula is C22H20OSe. The topological polar surface area (TPSA) is 20.2 Å². The van der Waals surface area contributed by atoms with E-state index < -0.39 is 4.50 Å². The number of aliphatic hydroxyl groups is 1. The van der Waals surface area contributed by atoms with Gasteiger partial charge in [-0.15, -0.1) is 0 Å². The molecule has 1 saturated carbocycles. The summed E-state index contributed by atoms with van der Waals surface area (Å²) in [4.78, 5) is 0. The van der Waals surface area contributed by atoms with Crippen LogP contribution in [-0.2, 0) is 5.41 Å². The van der Waals surface area contributed by atoms with E-state index in [0.717, 1.165) is 12.8 Å². The van der Waals surface area contributed by atoms with E-state index in [1.165, 1.54) is 15.6 Å². The molecule has 0 aliphatic heterocycles. The summed E-state index contributed by atoms with van der Waals surface area (Å²) in [5.74, 6) is 0. The molecule has 0 aromatic heterocycles. The normalized spacial score (nSPS) is 21.9. The SMILES string of the molecule is OC1([Se]c2ccccc2)CCC1(c1ccccc1)c1ccccc1. The first-order valence-corrected chi connectivity index (χ1v) is 10.0. The molecule has 1 aliphatic carbocycles. The van der Waals surface area contributed by atoms with Gasteiger partial charge >= 0.3 is 149 Å². The van der Waals surface area contributed by atoms with Crippen molar-refractivity contribution in [1.82, 2.24) is 0 Å². The summed E-state index contributed by atoms with van der Waals surface area (Å²) in [7, 11) is 0. The summed E-state index contributed by atoms with van der Waals surface area (Å²) in [6.07, 6.45) is 1.85. The Bertz CT molecular complexity index is 762. The molecule has 24 heavy (non-hydrogen) atoms. The van der Waals surface area contributed by atoms with Gasteiger partial charge in [0.15, 0.2) is 0 Å². The molecule has 0 spiro atoms. The summed E-state index contributed by atoms with van der Waals surface area (Å²) < 4.78 is 0.563. The van der Waals surface area contributed by atoms with Crippen molar-refractivity contribution in [2.24, 2.45) is 0 Å². The zero-order chi connectivity index (χ0) is 16.5. The van der Waals surface area contributed by atoms with Gasteiger partial charge in [0.1, 0.15) is 0 Å². The molecule has 1 N–H and O–H groups in total. The first kappa shape index (κ1) is 15.7. The molecule has 0 radical (unpaired) electrons. The molecule has 1 unspecified atom stereocenters. The molecule has 4 rings (SSSR count). The van der Waals surface area contributed by atoms with Crippen molar-refractivity contribution in [3.63, 3.8) is 0 Å². The fraction of sp³-hybridized carbons (Fsp3) is 0.182. The van der Waals surface area contributed by atoms with E-state index >= 15 is 0 Å². The van der Waals surface area contributed by atoms with Gasteiger partial charge in [-0.1, -0.05) is 0 Å². The third-order valence-electron chi connectivity index (χ3n) is 5.07. The third kappa shape index (κ3) is 2.43. The number of rotatable bonds is 4. The summed E-state index contributed by atoms with van der Waals surface area (Å²) in [5.41, 5.74) is 2.15. The average Bonchev–Trinajstić information content (AvgIpc) is 2.64. The summed E-state index contributed by atoms with van der Waals surface area (Å²) in [5, 5.41) is 11.7. The second-order valence-corrected chi connectivity index (χ2v) is 9.17. The van der Waals surface area contributed by atoms with Crippen LogP contribution in [0.4, 0.5) is 0 Å². The molecule has 1 nitrogen and oxygen atoms in total. The van der Waals surface area contributed by atoms with Crippen LogP contribution in [0.15, 0.2) is 91.0 Å². The van der Waals surface area contributed by atoms with Crippen molar-refractivity contribution in [2.75, 3.05) is 0 Å². The molecule has 0 bridgehead atoms. The zero-order valence-electron chi connectivity index (χ0n) is 13.4. The van der Waals surface area contributed by atoms with Gasteiger partial charge < -0.3 is 0 Å². The molecule has 3 aromatic carbocycles. The monoisotopic (exact) mass is 380 g/mol. The Hall–Kier alpha value is -1.86. The van der Waals surface area contributed by atoms with Gasteiger partial charge in [0.25, 0.3) is 0 Å². The van der Waals surface area contributed by atoms with Gasteiger partial charge in [-0.2, -0.15) is 0 Å². The molecule has 1 aliphatic rings. The van der Waals surface area contributed by atoms with Crippen molar-refractivity contribution >= 4 is 19.4 Å². The van der Waals surface area contributed by atoms with Crippen LogP contribution >= 0.6 is 0 Å². The van der Waals surface area contributed by atoms with E-state index in [4.69, 9.17) is 0 Å². The first-order valence-electron chi connectivity index (χ1n) is 8.32. The fourth-order valence-corrected chi connectivity index (χ4v) is 6.70. The molecule has 2 heteroatoms. The summed E-state index contributed by atoms with van der Waals surface area (Å²) in [6.45, 7) is 0. The summed E-state index contributed by atoms with van der Waals surface area (Å²) >= 11 is -0.00179. The number of hydrogen-bond donors (Lipinski definition) is 1. The van der Waals surface area contributed by atoms with Crippen LogP contribution in [0.3, 0.4) is 0 Å². The van der Waals surface area contributed by atoms with E-state index in [-0.39, 0.29) is 20.4 Å². The molecular weight excluding hydrogens is 359 g/mol. The second kappa shape index (κ2) is 6.22. The van der Waals surface area contributed by atoms with Gasteiger partial charge in [0, 0.05) is 0 Å². The molecule has 0 saturated heterocycles. The summed E-state index contributed by atoms with van der Waals surface area (Å²) in [6, 6.07) is 31.5. The van der Waals surface area contributed by atoms with E-state index in [1.54, 1.807) is 0 Å². The van der Waals surface area contributed by atoms with Crippen molar-refractivity contribution in [2.45, 2.75) is 22.8 Å². The Morgan fingerprint density at radius 2 is 1.08 bits per heavy atom. The van der Waals surface area contributed by atoms with Crippen molar-refractivity contribution in [3.8, 4) is 0 Å². The Kier molecular flexibility index (Phi) is 4.05. The van der Waals surface area contributed by atoms with Gasteiger partial charge in [-0.05, 0) is 0 Å². The predicted octanol–water partition coefficient (Wildman–Crippen LogP) is 3.48. The number of benzene rings is 3. The fourth-order valence-electron chi connectivity index (χ4n) is 3.76. The van der Waals surface area contributed by atoms with Crippen molar-refractivity contribution in [3.05, 3.63) is 102 Å². The molecule has 120 valence electrons. The van der Waals surface area contributed by atoms with Crippen LogP contribution in [0.2, 0.25) is 0 Å². The van der Waals surface area contributed by atoms with Crippen molar-refractivity contribution in [1.29, 1.82) is 0 Å². The molecule has 3 aromatic rings. The quantitative estimate of drug-likeness (QED) is 0.688. The van der Waals surface area contributed by atoms with E-state index in [9.17, 15) is 5.11 Å². The Morgan fingerprint density at radius 1 is 0.625 bits per heavy atom. The van der Waals surface area contributed by atoms with E-state index in [1.807, 2.05) is 18.2 Å². The van der Waals surface area contributed by atoms with Crippen LogP contribution in [0, 0.1) is 0 Å². The first-order chi connectivity index (χ1) is 11.7. The second-order valence-electron chi connectivity index (χ2n) is 6.34. The van der Waals surface area contributed by atoms with Crippen LogP contribution < -0.4 is 4.46 Å². The molecule has 1 atom stereocenters. The van der Waals surface area contributed by atoms with Gasteiger partial charge in [-0.25, -0.2) is 0 Å². The third-order valence-corrected chi connectivity index (χ3v) is 8.00. The maximum absolute atomic E-state index is 11.7. The zero-order valence-corrected chi connectivity index (χ0v) is 15.1. The average molecular weight is 379 g/mol. The van der Waals surface area contributed by atoms with Gasteiger partial charge in [0.05, 0.1) is 0 Å². The van der Waals surface area contributed by atoms with Crippen LogP contribution in [0.5, 0.6) is 0 Å². The predicted molar refractivity (Wildman–Crippen MR) is 99.7 cm³/mol. The Balaban J connectivity index is 1.82. The van der Waals surface area contributed by atoms with Crippen LogP contribution in [0.25, 0.3) is 0 Å². The standard InChI is InChI=1S/C22H20OSe/c23-22(24-20-14-8-3-9-15-20)17-16-21(22,18-10-4-1-5-11-18)19-12-6-2-7-13-19/h1-15,23H,16-17H2. The van der Waals surface area contributed by atoms with E-state index in [0.29, 0.717) is 0 Å². The van der Waals surface area contributed by atoms with Crippen molar-refractivity contribution < 1.29 is 5.11 Å². The van der Waals surface area contributed by atoms with Gasteiger partial charge in [-0.3, -0.25) is 0 Å². The Labute approximate surface area is 149 Å². The molecule has 0 heterocycles. The number of hydrogen-bond acceptors (Lipinski definition) is 1. The van der Waals surface area contributed by atoms with Crippen LogP contribution in [-0.4, -0.2) is 24.6 Å².